The van der Waals surface area contributed by atoms with E-state index in [1.165, 1.54) is 39.7 Å². The van der Waals surface area contributed by atoms with Gasteiger partial charge in [0.2, 0.25) is 0 Å². The summed E-state index contributed by atoms with van der Waals surface area (Å²) in [6.07, 6.45) is 7.88. The second kappa shape index (κ2) is 5.49. The van der Waals surface area contributed by atoms with Crippen LogP contribution >= 0.6 is 11.3 Å². The number of aromatic nitrogens is 1. The van der Waals surface area contributed by atoms with Gasteiger partial charge in [-0.3, -0.25) is 4.99 Å². The smallest absolute Gasteiger partial charge is 0.0457 e. The third-order valence-corrected chi connectivity index (χ3v) is 5.22. The van der Waals surface area contributed by atoms with E-state index in [2.05, 4.69) is 58.1 Å². The highest BCUT2D eigenvalue weighted by atomic mass is 32.1. The summed E-state index contributed by atoms with van der Waals surface area (Å²) in [6, 6.07) is 11.0. The van der Waals surface area contributed by atoms with E-state index < -0.39 is 0 Å². The number of fused-ring (bicyclic) bond motifs is 1. The highest BCUT2D eigenvalue weighted by Crippen LogP contribution is 2.30. The van der Waals surface area contributed by atoms with E-state index in [0.717, 1.165) is 13.0 Å². The number of aromatic amines is 1. The van der Waals surface area contributed by atoms with Crippen LogP contribution in [0.1, 0.15) is 18.4 Å². The molecule has 0 spiro atoms. The van der Waals surface area contributed by atoms with E-state index >= 15 is 0 Å². The van der Waals surface area contributed by atoms with Gasteiger partial charge in [-0.1, -0.05) is 12.1 Å². The van der Waals surface area contributed by atoms with Crippen LogP contribution in [0.4, 0.5) is 0 Å². The van der Waals surface area contributed by atoms with Gasteiger partial charge in [0.15, 0.2) is 0 Å². The van der Waals surface area contributed by atoms with Crippen LogP contribution in [0.15, 0.2) is 46.9 Å². The number of aryl methyl sites for hydroxylation is 1. The molecule has 1 N–H and O–H groups in total. The van der Waals surface area contributed by atoms with E-state index in [9.17, 15) is 0 Å². The fourth-order valence-corrected chi connectivity index (χ4v) is 3.80. The molecule has 0 amide bonds. The number of benzene rings is 1. The maximum atomic E-state index is 4.34. The van der Waals surface area contributed by atoms with Crippen molar-refractivity contribution in [1.82, 2.24) is 4.98 Å². The summed E-state index contributed by atoms with van der Waals surface area (Å²) in [4.78, 5) is 9.09. The summed E-state index contributed by atoms with van der Waals surface area (Å²) in [5.74, 6) is 0.676. The van der Waals surface area contributed by atoms with Gasteiger partial charge in [-0.2, -0.15) is 0 Å². The van der Waals surface area contributed by atoms with Crippen molar-refractivity contribution >= 4 is 28.5 Å². The average Bonchev–Trinajstić information content (AvgIpc) is 3.25. The Hall–Kier alpha value is -1.87. The number of thiophene rings is 1. The Morgan fingerprint density at radius 3 is 3.10 bits per heavy atom. The van der Waals surface area contributed by atoms with E-state index in [-0.39, 0.29) is 0 Å². The van der Waals surface area contributed by atoms with Crippen LogP contribution in [0.2, 0.25) is 0 Å². The molecule has 3 heterocycles. The van der Waals surface area contributed by atoms with Gasteiger partial charge in [-0.05, 0) is 59.9 Å². The van der Waals surface area contributed by atoms with E-state index in [4.69, 9.17) is 0 Å². The van der Waals surface area contributed by atoms with E-state index in [0.29, 0.717) is 5.92 Å². The molecule has 3 heteroatoms. The van der Waals surface area contributed by atoms with Gasteiger partial charge in [0.25, 0.3) is 0 Å². The summed E-state index contributed by atoms with van der Waals surface area (Å²) in [5, 5.41) is 3.51. The Morgan fingerprint density at radius 1 is 1.29 bits per heavy atom. The number of hydrogen-bond acceptors (Lipinski definition) is 2. The molecule has 0 aliphatic carbocycles. The standard InChI is InChI=1S/C18H18N2S/c1-2-18(21-9-1)14-5-6-17-16(10-14)15(12-20-17)4-3-13-7-8-19-11-13/h1-2,5-6,9-13,20H,3-4,7-8H2. The third kappa shape index (κ3) is 2.54. The Labute approximate surface area is 128 Å². The maximum Gasteiger partial charge on any atom is 0.0457 e. The van der Waals surface area contributed by atoms with Gasteiger partial charge in [0.1, 0.15) is 0 Å². The zero-order valence-electron chi connectivity index (χ0n) is 11.9. The van der Waals surface area contributed by atoms with Crippen molar-refractivity contribution in [2.24, 2.45) is 10.9 Å². The summed E-state index contributed by atoms with van der Waals surface area (Å²) < 4.78 is 0. The molecule has 106 valence electrons. The van der Waals surface area contributed by atoms with Gasteiger partial charge in [-0.15, -0.1) is 11.3 Å². The van der Waals surface area contributed by atoms with Crippen LogP contribution in [0, 0.1) is 5.92 Å². The molecule has 1 atom stereocenters. The fraction of sp³-hybridized carbons (Fsp3) is 0.278. The molecule has 3 aromatic rings. The summed E-state index contributed by atoms with van der Waals surface area (Å²) in [5.41, 5.74) is 4.00. The summed E-state index contributed by atoms with van der Waals surface area (Å²) in [7, 11) is 0. The first kappa shape index (κ1) is 12.8. The van der Waals surface area contributed by atoms with Crippen LogP contribution in [0.3, 0.4) is 0 Å². The molecule has 2 aromatic heterocycles. The molecule has 0 radical (unpaired) electrons. The Balaban J connectivity index is 1.62. The lowest BCUT2D eigenvalue weighted by Crippen LogP contribution is -1.99. The Morgan fingerprint density at radius 2 is 2.29 bits per heavy atom. The van der Waals surface area contributed by atoms with Crippen molar-refractivity contribution in [3.8, 4) is 10.4 Å². The minimum Gasteiger partial charge on any atom is -0.361 e. The van der Waals surface area contributed by atoms with Crippen molar-refractivity contribution in [3.63, 3.8) is 0 Å². The third-order valence-electron chi connectivity index (χ3n) is 4.30. The number of nitrogens with zero attached hydrogens (tertiary/aromatic N) is 1. The van der Waals surface area contributed by atoms with Gasteiger partial charge >= 0.3 is 0 Å². The topological polar surface area (TPSA) is 28.1 Å². The quantitative estimate of drug-likeness (QED) is 0.707. The molecule has 2 nitrogen and oxygen atoms in total. The molecule has 0 fully saturated rings. The molecule has 0 saturated heterocycles. The lowest BCUT2D eigenvalue weighted by Gasteiger charge is -2.05. The van der Waals surface area contributed by atoms with E-state index in [1.807, 2.05) is 0 Å². The molecule has 0 bridgehead atoms. The average molecular weight is 294 g/mol. The van der Waals surface area contributed by atoms with Crippen LogP contribution < -0.4 is 0 Å². The van der Waals surface area contributed by atoms with Crippen molar-refractivity contribution in [1.29, 1.82) is 0 Å². The highest BCUT2D eigenvalue weighted by molar-refractivity contribution is 7.13. The Bertz CT molecular complexity index is 768. The molecule has 21 heavy (non-hydrogen) atoms. The Kier molecular flexibility index (Phi) is 3.36. The van der Waals surface area contributed by atoms with Gasteiger partial charge in [0, 0.05) is 34.7 Å². The molecule has 0 saturated carbocycles. The van der Waals surface area contributed by atoms with Gasteiger partial charge in [0.05, 0.1) is 0 Å². The first-order valence-corrected chi connectivity index (χ1v) is 8.42. The molecule has 1 aliphatic rings. The minimum atomic E-state index is 0.676. The lowest BCUT2D eigenvalue weighted by molar-refractivity contribution is 0.626. The van der Waals surface area contributed by atoms with Crippen molar-refractivity contribution in [2.45, 2.75) is 19.3 Å². The zero-order chi connectivity index (χ0) is 14.1. The SMILES string of the molecule is C1=NCCC1CCc1c[nH]c2ccc(-c3cccs3)cc12. The number of nitrogens with one attached hydrogen (secondary N) is 1. The molecular formula is C18H18N2S. The molecule has 1 unspecified atom stereocenters. The number of rotatable bonds is 4. The monoisotopic (exact) mass is 294 g/mol. The normalized spacial score (nSPS) is 17.8. The van der Waals surface area contributed by atoms with Crippen molar-refractivity contribution in [3.05, 3.63) is 47.5 Å². The summed E-state index contributed by atoms with van der Waals surface area (Å²) in [6.45, 7) is 1.01. The predicted octanol–water partition coefficient (Wildman–Crippen LogP) is 4.92. The molecule has 1 aliphatic heterocycles. The first-order chi connectivity index (χ1) is 10.4. The molecular weight excluding hydrogens is 276 g/mol. The largest absolute Gasteiger partial charge is 0.361 e. The number of aliphatic imine (C=N–C) groups is 1. The van der Waals surface area contributed by atoms with Crippen molar-refractivity contribution in [2.75, 3.05) is 6.54 Å². The number of hydrogen-bond donors (Lipinski definition) is 1. The lowest BCUT2D eigenvalue weighted by atomic mass is 9.98. The first-order valence-electron chi connectivity index (χ1n) is 7.54. The van der Waals surface area contributed by atoms with Crippen LogP contribution in [0.5, 0.6) is 0 Å². The summed E-state index contributed by atoms with van der Waals surface area (Å²) >= 11 is 1.80. The molecule has 1 aromatic carbocycles. The van der Waals surface area contributed by atoms with Gasteiger partial charge in [-0.25, -0.2) is 0 Å². The van der Waals surface area contributed by atoms with Crippen LogP contribution in [0.25, 0.3) is 21.3 Å². The maximum absolute atomic E-state index is 4.34. The second-order valence-corrected chi connectivity index (χ2v) is 6.64. The highest BCUT2D eigenvalue weighted by Gasteiger charge is 2.12. The van der Waals surface area contributed by atoms with Crippen LogP contribution in [-0.4, -0.2) is 17.7 Å². The van der Waals surface area contributed by atoms with Gasteiger partial charge < -0.3 is 4.98 Å². The van der Waals surface area contributed by atoms with Crippen LogP contribution in [-0.2, 0) is 6.42 Å². The van der Waals surface area contributed by atoms with E-state index in [1.54, 1.807) is 11.3 Å². The second-order valence-electron chi connectivity index (χ2n) is 5.69. The number of H-pyrrole nitrogens is 1. The molecule has 4 rings (SSSR count). The fourth-order valence-electron chi connectivity index (χ4n) is 3.08. The predicted molar refractivity (Wildman–Crippen MR) is 91.4 cm³/mol. The minimum absolute atomic E-state index is 0.676. The zero-order valence-corrected chi connectivity index (χ0v) is 12.7. The van der Waals surface area contributed by atoms with Crippen molar-refractivity contribution < 1.29 is 0 Å².